The highest BCUT2D eigenvalue weighted by atomic mass is 16.5. The molecular formula is C18H24N2O3. The SMILES string of the molecule is COC(=O)[C@@H](CC(C)C)NC(=O)Cn1ccc2c(C)cccc21. The number of carbonyl (C=O) groups is 2. The predicted molar refractivity (Wildman–Crippen MR) is 90.1 cm³/mol. The van der Waals surface area contributed by atoms with Crippen LogP contribution in [0.3, 0.4) is 0 Å². The molecule has 0 spiro atoms. The minimum absolute atomic E-state index is 0.179. The molecule has 0 saturated carbocycles. The van der Waals surface area contributed by atoms with Gasteiger partial charge in [0.25, 0.3) is 0 Å². The molecule has 124 valence electrons. The van der Waals surface area contributed by atoms with Gasteiger partial charge in [-0.2, -0.15) is 0 Å². The molecule has 0 aliphatic rings. The number of nitrogens with zero attached hydrogens (tertiary/aromatic N) is 1. The Morgan fingerprint density at radius 3 is 2.65 bits per heavy atom. The van der Waals surface area contributed by atoms with Gasteiger partial charge >= 0.3 is 5.97 Å². The molecule has 0 bridgehead atoms. The molecule has 0 aliphatic heterocycles. The van der Waals surface area contributed by atoms with Gasteiger partial charge in [-0.25, -0.2) is 4.79 Å². The molecule has 1 aromatic carbocycles. The Kier molecular flexibility index (Phi) is 5.42. The maximum atomic E-state index is 12.3. The topological polar surface area (TPSA) is 60.3 Å². The Labute approximate surface area is 136 Å². The van der Waals surface area contributed by atoms with Crippen LogP contribution in [0, 0.1) is 12.8 Å². The number of rotatable bonds is 6. The van der Waals surface area contributed by atoms with Crippen molar-refractivity contribution in [1.29, 1.82) is 0 Å². The number of hydrogen-bond donors (Lipinski definition) is 1. The number of benzene rings is 1. The first kappa shape index (κ1) is 17.1. The number of amides is 1. The largest absolute Gasteiger partial charge is 0.467 e. The molecule has 0 saturated heterocycles. The van der Waals surface area contributed by atoms with E-state index in [1.165, 1.54) is 12.7 Å². The van der Waals surface area contributed by atoms with E-state index in [2.05, 4.69) is 5.32 Å². The van der Waals surface area contributed by atoms with Crippen LogP contribution in [0.2, 0.25) is 0 Å². The Morgan fingerprint density at radius 2 is 2.00 bits per heavy atom. The van der Waals surface area contributed by atoms with Crippen molar-refractivity contribution in [3.8, 4) is 0 Å². The first-order chi connectivity index (χ1) is 10.9. The Balaban J connectivity index is 2.10. The molecule has 0 unspecified atom stereocenters. The molecule has 1 amide bonds. The van der Waals surface area contributed by atoms with Gasteiger partial charge in [0, 0.05) is 17.1 Å². The van der Waals surface area contributed by atoms with Crippen LogP contribution >= 0.6 is 0 Å². The summed E-state index contributed by atoms with van der Waals surface area (Å²) >= 11 is 0. The predicted octanol–water partition coefficient (Wildman–Crippen LogP) is 2.65. The Hall–Kier alpha value is -2.30. The van der Waals surface area contributed by atoms with Gasteiger partial charge in [-0.05, 0) is 37.0 Å². The summed E-state index contributed by atoms with van der Waals surface area (Å²) in [5.41, 5.74) is 2.19. The van der Waals surface area contributed by atoms with Crippen molar-refractivity contribution in [1.82, 2.24) is 9.88 Å². The lowest BCUT2D eigenvalue weighted by Crippen LogP contribution is -2.43. The third-order valence-corrected chi connectivity index (χ3v) is 3.87. The van der Waals surface area contributed by atoms with E-state index < -0.39 is 12.0 Å². The fraction of sp³-hybridized carbons (Fsp3) is 0.444. The summed E-state index contributed by atoms with van der Waals surface area (Å²) in [7, 11) is 1.34. The second kappa shape index (κ2) is 7.31. The number of carbonyl (C=O) groups excluding carboxylic acids is 2. The number of nitrogens with one attached hydrogen (secondary N) is 1. The molecular weight excluding hydrogens is 292 g/mol. The van der Waals surface area contributed by atoms with E-state index in [4.69, 9.17) is 4.74 Å². The Bertz CT molecular complexity index is 703. The van der Waals surface area contributed by atoms with Crippen LogP contribution in [-0.4, -0.2) is 29.6 Å². The zero-order valence-corrected chi connectivity index (χ0v) is 14.1. The molecule has 1 N–H and O–H groups in total. The molecule has 1 heterocycles. The number of aromatic nitrogens is 1. The summed E-state index contributed by atoms with van der Waals surface area (Å²) in [6.07, 6.45) is 2.46. The van der Waals surface area contributed by atoms with E-state index in [0.717, 1.165) is 10.9 Å². The summed E-state index contributed by atoms with van der Waals surface area (Å²) in [5.74, 6) is -0.310. The molecule has 2 aromatic rings. The minimum atomic E-state index is -0.601. The normalized spacial score (nSPS) is 12.4. The van der Waals surface area contributed by atoms with Gasteiger partial charge in [-0.3, -0.25) is 4.79 Å². The maximum absolute atomic E-state index is 12.3. The van der Waals surface area contributed by atoms with Crippen LogP contribution in [-0.2, 0) is 20.9 Å². The third-order valence-electron chi connectivity index (χ3n) is 3.87. The highest BCUT2D eigenvalue weighted by molar-refractivity contribution is 5.87. The highest BCUT2D eigenvalue weighted by Crippen LogP contribution is 2.19. The second-order valence-corrected chi connectivity index (χ2v) is 6.22. The van der Waals surface area contributed by atoms with E-state index in [0.29, 0.717) is 6.42 Å². The summed E-state index contributed by atoms with van der Waals surface area (Å²) in [6, 6.07) is 7.41. The monoisotopic (exact) mass is 316 g/mol. The number of fused-ring (bicyclic) bond motifs is 1. The molecule has 5 heteroatoms. The smallest absolute Gasteiger partial charge is 0.328 e. The maximum Gasteiger partial charge on any atom is 0.328 e. The van der Waals surface area contributed by atoms with E-state index in [9.17, 15) is 9.59 Å². The lowest BCUT2D eigenvalue weighted by molar-refractivity contribution is -0.145. The summed E-state index contributed by atoms with van der Waals surface area (Å²) in [6.45, 7) is 6.23. The van der Waals surface area contributed by atoms with E-state index in [-0.39, 0.29) is 18.4 Å². The van der Waals surface area contributed by atoms with E-state index >= 15 is 0 Å². The van der Waals surface area contributed by atoms with Crippen LogP contribution in [0.4, 0.5) is 0 Å². The lowest BCUT2D eigenvalue weighted by atomic mass is 10.0. The van der Waals surface area contributed by atoms with Crippen LogP contribution in [0.25, 0.3) is 10.9 Å². The molecule has 5 nitrogen and oxygen atoms in total. The quantitative estimate of drug-likeness (QED) is 0.834. The molecule has 0 fully saturated rings. The van der Waals surface area contributed by atoms with Crippen molar-refractivity contribution in [3.05, 3.63) is 36.0 Å². The van der Waals surface area contributed by atoms with Crippen LogP contribution in [0.15, 0.2) is 30.5 Å². The first-order valence-electron chi connectivity index (χ1n) is 7.84. The van der Waals surface area contributed by atoms with Gasteiger partial charge in [0.1, 0.15) is 12.6 Å². The van der Waals surface area contributed by atoms with Gasteiger partial charge < -0.3 is 14.6 Å². The molecule has 23 heavy (non-hydrogen) atoms. The molecule has 2 rings (SSSR count). The Morgan fingerprint density at radius 1 is 1.26 bits per heavy atom. The van der Waals surface area contributed by atoms with Gasteiger partial charge in [0.15, 0.2) is 0 Å². The van der Waals surface area contributed by atoms with Crippen molar-refractivity contribution in [2.24, 2.45) is 5.92 Å². The molecule has 1 aromatic heterocycles. The molecule has 0 aliphatic carbocycles. The van der Waals surface area contributed by atoms with Crippen molar-refractivity contribution >= 4 is 22.8 Å². The van der Waals surface area contributed by atoms with Gasteiger partial charge in [-0.15, -0.1) is 0 Å². The fourth-order valence-electron chi connectivity index (χ4n) is 2.74. The van der Waals surface area contributed by atoms with Crippen LogP contribution < -0.4 is 5.32 Å². The number of aryl methyl sites for hydroxylation is 1. The van der Waals surface area contributed by atoms with Gasteiger partial charge in [0.05, 0.1) is 7.11 Å². The van der Waals surface area contributed by atoms with Crippen LogP contribution in [0.1, 0.15) is 25.8 Å². The van der Waals surface area contributed by atoms with Crippen molar-refractivity contribution in [2.45, 2.75) is 39.8 Å². The number of esters is 1. The summed E-state index contributed by atoms with van der Waals surface area (Å²) in [5, 5.41) is 3.91. The molecule has 0 radical (unpaired) electrons. The van der Waals surface area contributed by atoms with Gasteiger partial charge in [-0.1, -0.05) is 26.0 Å². The summed E-state index contributed by atoms with van der Waals surface area (Å²) in [4.78, 5) is 24.1. The average molecular weight is 316 g/mol. The van der Waals surface area contributed by atoms with E-state index in [1.807, 2.05) is 55.8 Å². The number of hydrogen-bond acceptors (Lipinski definition) is 3. The molecule has 1 atom stereocenters. The third kappa shape index (κ3) is 4.12. The number of methoxy groups -OCH3 is 1. The fourth-order valence-corrected chi connectivity index (χ4v) is 2.74. The highest BCUT2D eigenvalue weighted by Gasteiger charge is 2.22. The van der Waals surface area contributed by atoms with E-state index in [1.54, 1.807) is 0 Å². The standard InChI is InChI=1S/C18H24N2O3/c1-12(2)10-15(18(22)23-4)19-17(21)11-20-9-8-14-13(3)6-5-7-16(14)20/h5-9,12,15H,10-11H2,1-4H3,(H,19,21)/t15-/m1/s1. The minimum Gasteiger partial charge on any atom is -0.467 e. The number of ether oxygens (including phenoxy) is 1. The average Bonchev–Trinajstić information content (AvgIpc) is 2.90. The first-order valence-corrected chi connectivity index (χ1v) is 7.84. The van der Waals surface area contributed by atoms with Crippen LogP contribution in [0.5, 0.6) is 0 Å². The zero-order valence-electron chi connectivity index (χ0n) is 14.1. The van der Waals surface area contributed by atoms with Crippen molar-refractivity contribution in [2.75, 3.05) is 7.11 Å². The summed E-state index contributed by atoms with van der Waals surface area (Å²) < 4.78 is 6.67. The van der Waals surface area contributed by atoms with Gasteiger partial charge in [0.2, 0.25) is 5.91 Å². The lowest BCUT2D eigenvalue weighted by Gasteiger charge is -2.18. The van der Waals surface area contributed by atoms with Crippen molar-refractivity contribution < 1.29 is 14.3 Å². The zero-order chi connectivity index (χ0) is 17.0. The van der Waals surface area contributed by atoms with Crippen molar-refractivity contribution in [3.63, 3.8) is 0 Å². The second-order valence-electron chi connectivity index (χ2n) is 6.22.